The van der Waals surface area contributed by atoms with Crippen LogP contribution in [-0.2, 0) is 9.53 Å². The fourth-order valence-electron chi connectivity index (χ4n) is 1.73. The van der Waals surface area contributed by atoms with E-state index in [-0.39, 0.29) is 6.42 Å². The predicted octanol–water partition coefficient (Wildman–Crippen LogP) is 0.189. The Morgan fingerprint density at radius 2 is 2.33 bits per heavy atom. The van der Waals surface area contributed by atoms with E-state index < -0.39 is 18.0 Å². The number of ether oxygens (including phenoxy) is 1. The third kappa shape index (κ3) is 5.06. The first kappa shape index (κ1) is 14.3. The minimum Gasteiger partial charge on any atom is -0.480 e. The number of carboxylic acid groups (broad SMARTS) is 1. The average molecular weight is 254 g/mol. The second-order valence-corrected chi connectivity index (χ2v) is 4.24. The number of carbonyl (C=O) groups is 2. The second-order valence-electron chi connectivity index (χ2n) is 4.24. The number of hydrogen-bond donors (Lipinski definition) is 3. The molecule has 3 N–H and O–H groups in total. The highest BCUT2D eigenvalue weighted by Gasteiger charge is 2.20. The van der Waals surface area contributed by atoms with E-state index in [1.165, 1.54) is 0 Å². The van der Waals surface area contributed by atoms with Crippen molar-refractivity contribution in [2.24, 2.45) is 5.92 Å². The van der Waals surface area contributed by atoms with E-state index in [1.807, 2.05) is 0 Å². The molecule has 2 amide bonds. The lowest BCUT2D eigenvalue weighted by atomic mass is 10.0. The summed E-state index contributed by atoms with van der Waals surface area (Å²) in [5, 5.41) is 13.8. The summed E-state index contributed by atoms with van der Waals surface area (Å²) < 4.78 is 5.28. The standard InChI is InChI=1S/C12H18N2O4/c1-2-4-10(11(15)16)14-12(17)13-7-9-5-3-6-18-8-9/h1,9-10H,3-8H2,(H,15,16)(H2,13,14,17). The lowest BCUT2D eigenvalue weighted by Gasteiger charge is -2.22. The lowest BCUT2D eigenvalue weighted by Crippen LogP contribution is -2.47. The highest BCUT2D eigenvalue weighted by atomic mass is 16.5. The van der Waals surface area contributed by atoms with Gasteiger partial charge in [0.25, 0.3) is 0 Å². The van der Waals surface area contributed by atoms with Gasteiger partial charge in [-0.15, -0.1) is 12.3 Å². The van der Waals surface area contributed by atoms with Crippen molar-refractivity contribution in [3.63, 3.8) is 0 Å². The zero-order valence-electron chi connectivity index (χ0n) is 10.1. The zero-order chi connectivity index (χ0) is 13.4. The number of aliphatic carboxylic acids is 1. The molecule has 1 fully saturated rings. The van der Waals surface area contributed by atoms with Gasteiger partial charge in [-0.25, -0.2) is 9.59 Å². The molecule has 1 heterocycles. The van der Waals surface area contributed by atoms with E-state index in [2.05, 4.69) is 16.6 Å². The van der Waals surface area contributed by atoms with Crippen molar-refractivity contribution in [1.29, 1.82) is 0 Å². The molecule has 0 radical (unpaired) electrons. The first-order chi connectivity index (χ1) is 8.63. The zero-order valence-corrected chi connectivity index (χ0v) is 10.1. The van der Waals surface area contributed by atoms with Crippen LogP contribution in [0.2, 0.25) is 0 Å². The van der Waals surface area contributed by atoms with Gasteiger partial charge in [-0.3, -0.25) is 0 Å². The van der Waals surface area contributed by atoms with Crippen LogP contribution in [0.4, 0.5) is 4.79 Å². The first-order valence-corrected chi connectivity index (χ1v) is 5.92. The van der Waals surface area contributed by atoms with Crippen LogP contribution in [0.25, 0.3) is 0 Å². The van der Waals surface area contributed by atoms with Crippen LogP contribution in [0.15, 0.2) is 0 Å². The molecule has 1 aliphatic heterocycles. The normalized spacial score (nSPS) is 20.5. The van der Waals surface area contributed by atoms with Crippen molar-refractivity contribution in [1.82, 2.24) is 10.6 Å². The molecular weight excluding hydrogens is 236 g/mol. The van der Waals surface area contributed by atoms with E-state index in [1.54, 1.807) is 0 Å². The fourth-order valence-corrected chi connectivity index (χ4v) is 1.73. The molecule has 18 heavy (non-hydrogen) atoms. The summed E-state index contributed by atoms with van der Waals surface area (Å²) in [5.41, 5.74) is 0. The third-order valence-corrected chi connectivity index (χ3v) is 2.73. The summed E-state index contributed by atoms with van der Waals surface area (Å²) in [6.07, 6.45) is 7.00. The van der Waals surface area contributed by atoms with Gasteiger partial charge in [0.2, 0.25) is 0 Å². The minimum absolute atomic E-state index is 0.0324. The largest absolute Gasteiger partial charge is 0.480 e. The van der Waals surface area contributed by atoms with Crippen molar-refractivity contribution >= 4 is 12.0 Å². The van der Waals surface area contributed by atoms with Crippen LogP contribution in [0.5, 0.6) is 0 Å². The van der Waals surface area contributed by atoms with Gasteiger partial charge in [0.1, 0.15) is 6.04 Å². The molecule has 100 valence electrons. The van der Waals surface area contributed by atoms with E-state index in [0.717, 1.165) is 19.4 Å². The maximum absolute atomic E-state index is 11.5. The molecule has 0 aromatic carbocycles. The maximum atomic E-state index is 11.5. The molecule has 2 atom stereocenters. The highest BCUT2D eigenvalue weighted by Crippen LogP contribution is 2.11. The number of terminal acetylenes is 1. The minimum atomic E-state index is -1.14. The van der Waals surface area contributed by atoms with Gasteiger partial charge in [-0.05, 0) is 18.8 Å². The Morgan fingerprint density at radius 1 is 1.56 bits per heavy atom. The summed E-state index contributed by atoms with van der Waals surface area (Å²) in [5.74, 6) is 1.37. The molecule has 0 spiro atoms. The molecule has 0 bridgehead atoms. The Labute approximate surface area is 106 Å². The van der Waals surface area contributed by atoms with Gasteiger partial charge < -0.3 is 20.5 Å². The van der Waals surface area contributed by atoms with E-state index in [9.17, 15) is 9.59 Å². The second kappa shape index (κ2) is 7.56. The Morgan fingerprint density at radius 3 is 2.89 bits per heavy atom. The van der Waals surface area contributed by atoms with Crippen molar-refractivity contribution in [3.05, 3.63) is 0 Å². The van der Waals surface area contributed by atoms with E-state index in [4.69, 9.17) is 16.3 Å². The smallest absolute Gasteiger partial charge is 0.327 e. The van der Waals surface area contributed by atoms with Crippen LogP contribution in [-0.4, -0.2) is 42.9 Å². The molecule has 2 unspecified atom stereocenters. The van der Waals surface area contributed by atoms with E-state index in [0.29, 0.717) is 19.1 Å². The van der Waals surface area contributed by atoms with Gasteiger partial charge in [-0.2, -0.15) is 0 Å². The molecule has 0 saturated carbocycles. The highest BCUT2D eigenvalue weighted by molar-refractivity contribution is 5.82. The fraction of sp³-hybridized carbons (Fsp3) is 0.667. The molecule has 1 aliphatic rings. The van der Waals surface area contributed by atoms with E-state index >= 15 is 0 Å². The maximum Gasteiger partial charge on any atom is 0.327 e. The quantitative estimate of drug-likeness (QED) is 0.611. The summed E-state index contributed by atoms with van der Waals surface area (Å²) in [6, 6.07) is -1.55. The number of hydrogen-bond acceptors (Lipinski definition) is 3. The van der Waals surface area contributed by atoms with Crippen LogP contribution in [0.1, 0.15) is 19.3 Å². The van der Waals surface area contributed by atoms with Crippen LogP contribution < -0.4 is 10.6 Å². The molecule has 1 rings (SSSR count). The molecule has 0 aromatic heterocycles. The number of carboxylic acids is 1. The Bertz CT molecular complexity index is 331. The molecule has 0 aliphatic carbocycles. The van der Waals surface area contributed by atoms with Gasteiger partial charge in [0, 0.05) is 19.6 Å². The van der Waals surface area contributed by atoms with Gasteiger partial charge in [-0.1, -0.05) is 0 Å². The first-order valence-electron chi connectivity index (χ1n) is 5.92. The van der Waals surface area contributed by atoms with Gasteiger partial charge in [0.15, 0.2) is 0 Å². The number of nitrogens with one attached hydrogen (secondary N) is 2. The van der Waals surface area contributed by atoms with Crippen molar-refractivity contribution in [3.8, 4) is 12.3 Å². The molecule has 6 nitrogen and oxygen atoms in total. The van der Waals surface area contributed by atoms with Crippen LogP contribution >= 0.6 is 0 Å². The lowest BCUT2D eigenvalue weighted by molar-refractivity contribution is -0.139. The molecular formula is C12H18N2O4. The Hall–Kier alpha value is -1.74. The number of carbonyl (C=O) groups excluding carboxylic acids is 1. The predicted molar refractivity (Wildman–Crippen MR) is 65.0 cm³/mol. The Balaban J connectivity index is 2.27. The SMILES string of the molecule is C#CCC(NC(=O)NCC1CCCOC1)C(=O)O. The van der Waals surface area contributed by atoms with Crippen molar-refractivity contribution in [2.45, 2.75) is 25.3 Å². The van der Waals surface area contributed by atoms with Crippen LogP contribution in [0, 0.1) is 18.3 Å². The Kier molecular flexibility index (Phi) is 6.01. The van der Waals surface area contributed by atoms with Gasteiger partial charge >= 0.3 is 12.0 Å². The number of urea groups is 1. The monoisotopic (exact) mass is 254 g/mol. The van der Waals surface area contributed by atoms with Crippen molar-refractivity contribution < 1.29 is 19.4 Å². The summed E-state index contributed by atoms with van der Waals surface area (Å²) in [4.78, 5) is 22.3. The number of amides is 2. The average Bonchev–Trinajstić information content (AvgIpc) is 2.37. The van der Waals surface area contributed by atoms with Crippen molar-refractivity contribution in [2.75, 3.05) is 19.8 Å². The molecule has 1 saturated heterocycles. The molecule has 6 heteroatoms. The summed E-state index contributed by atoms with van der Waals surface area (Å²) in [6.45, 7) is 1.88. The summed E-state index contributed by atoms with van der Waals surface area (Å²) in [7, 11) is 0. The topological polar surface area (TPSA) is 87.7 Å². The van der Waals surface area contributed by atoms with Crippen LogP contribution in [0.3, 0.4) is 0 Å². The third-order valence-electron chi connectivity index (χ3n) is 2.73. The summed E-state index contributed by atoms with van der Waals surface area (Å²) >= 11 is 0. The molecule has 0 aromatic rings. The number of rotatable bonds is 5. The van der Waals surface area contributed by atoms with Gasteiger partial charge in [0.05, 0.1) is 6.61 Å².